The molecule has 26 heavy (non-hydrogen) atoms. The molecule has 5 rings (SSSR count). The molecule has 4 aromatic rings. The molecule has 0 unspecified atom stereocenters. The van der Waals surface area contributed by atoms with Gasteiger partial charge >= 0.3 is 0 Å². The first kappa shape index (κ1) is 15.2. The van der Waals surface area contributed by atoms with Crippen LogP contribution in [0.4, 0.5) is 0 Å². The summed E-state index contributed by atoms with van der Waals surface area (Å²) in [6, 6.07) is 14.0. The topological polar surface area (TPSA) is 77.9 Å². The summed E-state index contributed by atoms with van der Waals surface area (Å²) < 4.78 is 5.35. The number of nitrogens with one attached hydrogen (secondary N) is 2. The Morgan fingerprint density at radius 3 is 2.92 bits per heavy atom. The van der Waals surface area contributed by atoms with Crippen molar-refractivity contribution in [1.82, 2.24) is 19.9 Å². The number of aromatic amines is 2. The number of para-hydroxylation sites is 1. The number of nitrogens with zero attached hydrogens (tertiary/aromatic N) is 2. The highest BCUT2D eigenvalue weighted by atomic mass is 16.3. The molecular formula is C20H18N4O2. The molecule has 0 bridgehead atoms. The van der Waals surface area contributed by atoms with Gasteiger partial charge in [0, 0.05) is 37.3 Å². The highest BCUT2D eigenvalue weighted by Gasteiger charge is 2.22. The van der Waals surface area contributed by atoms with E-state index < -0.39 is 0 Å². The van der Waals surface area contributed by atoms with Crippen LogP contribution in [0.1, 0.15) is 17.0 Å². The summed E-state index contributed by atoms with van der Waals surface area (Å²) in [6.07, 6.45) is 2.34. The number of hydrogen-bond donors (Lipinski definition) is 2. The molecule has 0 saturated heterocycles. The fourth-order valence-corrected chi connectivity index (χ4v) is 3.61. The Balaban J connectivity index is 1.40. The van der Waals surface area contributed by atoms with Gasteiger partial charge in [0.05, 0.1) is 17.5 Å². The van der Waals surface area contributed by atoms with Crippen LogP contribution in [0.5, 0.6) is 0 Å². The molecule has 0 fully saturated rings. The third-order valence-electron chi connectivity index (χ3n) is 4.88. The maximum Gasteiger partial charge on any atom is 0.256 e. The molecule has 1 aliphatic rings. The minimum atomic E-state index is -0.0808. The summed E-state index contributed by atoms with van der Waals surface area (Å²) in [6.45, 7) is 2.26. The lowest BCUT2D eigenvalue weighted by Gasteiger charge is -2.27. The van der Waals surface area contributed by atoms with Crippen molar-refractivity contribution >= 4 is 10.9 Å². The van der Waals surface area contributed by atoms with E-state index in [1.165, 1.54) is 5.39 Å². The second kappa shape index (κ2) is 6.00. The van der Waals surface area contributed by atoms with Crippen LogP contribution in [-0.4, -0.2) is 26.4 Å². The number of rotatable bonds is 3. The van der Waals surface area contributed by atoms with E-state index in [9.17, 15) is 4.79 Å². The minimum Gasteiger partial charge on any atom is -0.461 e. The maximum atomic E-state index is 12.5. The van der Waals surface area contributed by atoms with Gasteiger partial charge in [0.2, 0.25) is 0 Å². The molecule has 0 amide bonds. The van der Waals surface area contributed by atoms with Crippen molar-refractivity contribution in [1.29, 1.82) is 0 Å². The average Bonchev–Trinajstić information content (AvgIpc) is 3.31. The van der Waals surface area contributed by atoms with E-state index in [1.54, 1.807) is 18.4 Å². The molecular weight excluding hydrogens is 328 g/mol. The zero-order chi connectivity index (χ0) is 17.5. The first-order valence-corrected chi connectivity index (χ1v) is 8.71. The predicted octanol–water partition coefficient (Wildman–Crippen LogP) is 3.07. The van der Waals surface area contributed by atoms with Crippen molar-refractivity contribution < 1.29 is 4.42 Å². The van der Waals surface area contributed by atoms with Crippen LogP contribution >= 0.6 is 0 Å². The fraction of sp³-hybridized carbons (Fsp3) is 0.200. The third kappa shape index (κ3) is 2.64. The lowest BCUT2D eigenvalue weighted by molar-refractivity contribution is 0.239. The zero-order valence-electron chi connectivity index (χ0n) is 14.2. The van der Waals surface area contributed by atoms with Crippen LogP contribution in [0.2, 0.25) is 0 Å². The van der Waals surface area contributed by atoms with E-state index in [2.05, 4.69) is 38.1 Å². The van der Waals surface area contributed by atoms with E-state index in [4.69, 9.17) is 4.42 Å². The van der Waals surface area contributed by atoms with Gasteiger partial charge in [-0.15, -0.1) is 0 Å². The molecule has 0 spiro atoms. The summed E-state index contributed by atoms with van der Waals surface area (Å²) in [4.78, 5) is 25.7. The van der Waals surface area contributed by atoms with Crippen LogP contribution < -0.4 is 5.56 Å². The minimum absolute atomic E-state index is 0.0808. The summed E-state index contributed by atoms with van der Waals surface area (Å²) in [7, 11) is 0. The molecule has 0 aliphatic carbocycles. The third-order valence-corrected chi connectivity index (χ3v) is 4.88. The van der Waals surface area contributed by atoms with Crippen molar-refractivity contribution in [2.45, 2.75) is 19.5 Å². The number of H-pyrrole nitrogens is 2. The second-order valence-electron chi connectivity index (χ2n) is 6.66. The second-order valence-corrected chi connectivity index (χ2v) is 6.66. The highest BCUT2D eigenvalue weighted by molar-refractivity contribution is 5.80. The summed E-state index contributed by atoms with van der Waals surface area (Å²) >= 11 is 0. The van der Waals surface area contributed by atoms with E-state index in [0.29, 0.717) is 18.1 Å². The van der Waals surface area contributed by atoms with Gasteiger partial charge < -0.3 is 14.4 Å². The molecule has 130 valence electrons. The van der Waals surface area contributed by atoms with Crippen LogP contribution in [0.3, 0.4) is 0 Å². The monoisotopic (exact) mass is 346 g/mol. The highest BCUT2D eigenvalue weighted by Crippen LogP contribution is 2.21. The molecule has 2 N–H and O–H groups in total. The summed E-state index contributed by atoms with van der Waals surface area (Å²) in [5.74, 6) is 1.09. The van der Waals surface area contributed by atoms with Gasteiger partial charge in [-0.25, -0.2) is 4.98 Å². The number of fused-ring (bicyclic) bond motifs is 2. The van der Waals surface area contributed by atoms with Crippen molar-refractivity contribution in [3.63, 3.8) is 0 Å². The van der Waals surface area contributed by atoms with E-state index in [1.807, 2.05) is 12.1 Å². The Morgan fingerprint density at radius 1 is 1.15 bits per heavy atom. The van der Waals surface area contributed by atoms with E-state index in [0.717, 1.165) is 42.0 Å². The van der Waals surface area contributed by atoms with Crippen molar-refractivity contribution in [2.75, 3.05) is 6.54 Å². The van der Waals surface area contributed by atoms with E-state index >= 15 is 0 Å². The van der Waals surface area contributed by atoms with Gasteiger partial charge in [0.1, 0.15) is 0 Å². The Kier molecular flexibility index (Phi) is 3.50. The molecule has 0 atom stereocenters. The Morgan fingerprint density at radius 2 is 2.08 bits per heavy atom. The van der Waals surface area contributed by atoms with Gasteiger partial charge in [-0.2, -0.15) is 0 Å². The van der Waals surface area contributed by atoms with Gasteiger partial charge in [0.15, 0.2) is 11.6 Å². The average molecular weight is 346 g/mol. The molecule has 4 heterocycles. The summed E-state index contributed by atoms with van der Waals surface area (Å²) in [5, 5.41) is 1.21. The molecule has 1 aromatic carbocycles. The summed E-state index contributed by atoms with van der Waals surface area (Å²) in [5.41, 5.74) is 3.84. The van der Waals surface area contributed by atoms with Crippen molar-refractivity contribution in [3.05, 3.63) is 76.0 Å². The lowest BCUT2D eigenvalue weighted by atomic mass is 10.1. The van der Waals surface area contributed by atoms with Gasteiger partial charge in [-0.3, -0.25) is 9.69 Å². The normalized spacial score (nSPS) is 14.6. The standard InChI is InChI=1S/C20H18N4O2/c25-20-15-12-24(11-14-10-13-4-1-2-5-16(13)21-14)8-7-17(15)22-19(23-20)18-6-3-9-26-18/h1-6,9-10,21H,7-8,11-12H2,(H,22,23,25). The van der Waals surface area contributed by atoms with Gasteiger partial charge in [-0.05, 0) is 29.7 Å². The number of aromatic nitrogens is 3. The Labute approximate surface area is 149 Å². The van der Waals surface area contributed by atoms with Crippen LogP contribution in [0.15, 0.2) is 57.9 Å². The molecule has 6 heteroatoms. The van der Waals surface area contributed by atoms with Crippen LogP contribution in [0, 0.1) is 0 Å². The molecule has 3 aromatic heterocycles. The smallest absolute Gasteiger partial charge is 0.256 e. The zero-order valence-corrected chi connectivity index (χ0v) is 14.2. The lowest BCUT2D eigenvalue weighted by Crippen LogP contribution is -2.35. The Bertz CT molecular complexity index is 1090. The molecule has 0 saturated carbocycles. The molecule has 1 aliphatic heterocycles. The molecule has 0 radical (unpaired) electrons. The first-order valence-electron chi connectivity index (χ1n) is 8.71. The maximum absolute atomic E-state index is 12.5. The van der Waals surface area contributed by atoms with Gasteiger partial charge in [-0.1, -0.05) is 18.2 Å². The van der Waals surface area contributed by atoms with E-state index in [-0.39, 0.29) is 5.56 Å². The SMILES string of the molecule is O=c1[nH]c(-c2ccco2)nc2c1CN(Cc1cc3ccccc3[nH]1)CC2. The van der Waals surface area contributed by atoms with Gasteiger partial charge in [0.25, 0.3) is 5.56 Å². The van der Waals surface area contributed by atoms with Crippen LogP contribution in [-0.2, 0) is 19.5 Å². The van der Waals surface area contributed by atoms with Crippen molar-refractivity contribution in [2.24, 2.45) is 0 Å². The molecule has 6 nitrogen and oxygen atoms in total. The predicted molar refractivity (Wildman–Crippen MR) is 98.7 cm³/mol. The number of hydrogen-bond acceptors (Lipinski definition) is 4. The number of benzene rings is 1. The van der Waals surface area contributed by atoms with Crippen molar-refractivity contribution in [3.8, 4) is 11.6 Å². The number of furan rings is 1. The largest absolute Gasteiger partial charge is 0.461 e. The fourth-order valence-electron chi connectivity index (χ4n) is 3.61. The Hall–Kier alpha value is -3.12. The first-order chi connectivity index (χ1) is 12.8. The quantitative estimate of drug-likeness (QED) is 0.598. The van der Waals surface area contributed by atoms with Crippen LogP contribution in [0.25, 0.3) is 22.5 Å².